The number of aryl methyl sites for hydroxylation is 1. The van der Waals surface area contributed by atoms with Crippen molar-refractivity contribution in [2.24, 2.45) is 0 Å². The molecule has 3 aromatic rings. The highest BCUT2D eigenvalue weighted by Gasteiger charge is 2.13. The molecule has 0 radical (unpaired) electrons. The number of hydrogen-bond acceptors (Lipinski definition) is 4. The van der Waals surface area contributed by atoms with Gasteiger partial charge in [-0.2, -0.15) is 0 Å². The highest BCUT2D eigenvalue weighted by atomic mass is 16.1. The molecule has 132 valence electrons. The topological polar surface area (TPSA) is 66.9 Å². The summed E-state index contributed by atoms with van der Waals surface area (Å²) < 4.78 is 0. The van der Waals surface area contributed by atoms with Crippen molar-refractivity contribution in [3.05, 3.63) is 71.9 Å². The van der Waals surface area contributed by atoms with Crippen molar-refractivity contribution in [2.45, 2.75) is 20.3 Å². The van der Waals surface area contributed by atoms with Gasteiger partial charge in [-0.3, -0.25) is 4.79 Å². The molecule has 1 heterocycles. The van der Waals surface area contributed by atoms with Gasteiger partial charge in [0.1, 0.15) is 11.5 Å². The molecule has 0 atom stereocenters. The van der Waals surface area contributed by atoms with E-state index >= 15 is 0 Å². The lowest BCUT2D eigenvalue weighted by Gasteiger charge is -2.11. The van der Waals surface area contributed by atoms with E-state index in [2.05, 4.69) is 20.6 Å². The minimum atomic E-state index is -0.196. The number of rotatable bonds is 6. The zero-order chi connectivity index (χ0) is 18.4. The minimum Gasteiger partial charge on any atom is -0.351 e. The summed E-state index contributed by atoms with van der Waals surface area (Å²) >= 11 is 0. The molecule has 1 amide bonds. The van der Waals surface area contributed by atoms with Crippen molar-refractivity contribution in [2.75, 3.05) is 11.9 Å². The van der Waals surface area contributed by atoms with Gasteiger partial charge in [0.05, 0.1) is 0 Å². The summed E-state index contributed by atoms with van der Waals surface area (Å²) in [4.78, 5) is 21.5. The van der Waals surface area contributed by atoms with Crippen molar-refractivity contribution in [1.29, 1.82) is 0 Å². The van der Waals surface area contributed by atoms with Crippen molar-refractivity contribution >= 4 is 17.4 Å². The van der Waals surface area contributed by atoms with Crippen LogP contribution in [0, 0.1) is 6.92 Å². The van der Waals surface area contributed by atoms with Gasteiger partial charge in [0, 0.05) is 23.9 Å². The number of carbonyl (C=O) groups excluding carboxylic acids is 1. The van der Waals surface area contributed by atoms with Gasteiger partial charge in [-0.15, -0.1) is 0 Å². The highest BCUT2D eigenvalue weighted by molar-refractivity contribution is 5.93. The van der Waals surface area contributed by atoms with Gasteiger partial charge >= 0.3 is 0 Å². The number of hydrogen-bond donors (Lipinski definition) is 2. The molecule has 0 spiro atoms. The van der Waals surface area contributed by atoms with Crippen LogP contribution in [0.25, 0.3) is 11.4 Å². The molecular weight excluding hydrogens is 324 g/mol. The van der Waals surface area contributed by atoms with Gasteiger partial charge in [0.2, 0.25) is 0 Å². The van der Waals surface area contributed by atoms with E-state index in [1.54, 1.807) is 6.07 Å². The third-order valence-electron chi connectivity index (χ3n) is 3.82. The molecule has 0 aliphatic heterocycles. The summed E-state index contributed by atoms with van der Waals surface area (Å²) in [6.45, 7) is 4.66. The van der Waals surface area contributed by atoms with Gasteiger partial charge in [0.25, 0.3) is 5.91 Å². The van der Waals surface area contributed by atoms with Crippen LogP contribution in [0.4, 0.5) is 11.5 Å². The van der Waals surface area contributed by atoms with Crippen LogP contribution in [-0.4, -0.2) is 22.4 Å². The normalized spacial score (nSPS) is 10.4. The summed E-state index contributed by atoms with van der Waals surface area (Å²) in [7, 11) is 0. The summed E-state index contributed by atoms with van der Waals surface area (Å²) in [6.07, 6.45) is 0.872. The van der Waals surface area contributed by atoms with E-state index < -0.39 is 0 Å². The van der Waals surface area contributed by atoms with Crippen LogP contribution in [-0.2, 0) is 0 Å². The van der Waals surface area contributed by atoms with Crippen LogP contribution < -0.4 is 10.6 Å². The molecule has 1 aromatic heterocycles. The summed E-state index contributed by atoms with van der Waals surface area (Å²) in [5.74, 6) is 0.912. The van der Waals surface area contributed by atoms with Gasteiger partial charge in [-0.25, -0.2) is 9.97 Å². The maximum absolute atomic E-state index is 12.4. The largest absolute Gasteiger partial charge is 0.351 e. The summed E-state index contributed by atoms with van der Waals surface area (Å²) in [5.41, 5.74) is 3.28. The Hall–Kier alpha value is -3.21. The molecule has 0 aliphatic rings. The molecular formula is C21H22N4O. The van der Waals surface area contributed by atoms with Gasteiger partial charge < -0.3 is 10.6 Å². The number of amides is 1. The first-order valence-electron chi connectivity index (χ1n) is 8.72. The van der Waals surface area contributed by atoms with Gasteiger partial charge in [-0.05, 0) is 31.0 Å². The van der Waals surface area contributed by atoms with Crippen molar-refractivity contribution in [3.63, 3.8) is 0 Å². The Morgan fingerprint density at radius 1 is 1.00 bits per heavy atom. The van der Waals surface area contributed by atoms with Crippen LogP contribution in [0.1, 0.15) is 29.4 Å². The van der Waals surface area contributed by atoms with E-state index in [1.807, 2.05) is 68.4 Å². The first kappa shape index (κ1) is 17.6. The van der Waals surface area contributed by atoms with Crippen LogP contribution in [0.5, 0.6) is 0 Å². The third kappa shape index (κ3) is 4.45. The minimum absolute atomic E-state index is 0.196. The zero-order valence-corrected chi connectivity index (χ0v) is 15.0. The Morgan fingerprint density at radius 2 is 1.81 bits per heavy atom. The number of benzene rings is 2. The fraction of sp³-hybridized carbons (Fsp3) is 0.190. The number of aromatic nitrogens is 2. The Kier molecular flexibility index (Phi) is 5.59. The first-order chi connectivity index (χ1) is 12.7. The number of nitrogens with one attached hydrogen (secondary N) is 2. The monoisotopic (exact) mass is 346 g/mol. The van der Waals surface area contributed by atoms with E-state index in [1.165, 1.54) is 0 Å². The molecule has 5 heteroatoms. The number of nitrogens with zero attached hydrogens (tertiary/aromatic N) is 2. The Bertz CT molecular complexity index is 894. The smallest absolute Gasteiger partial charge is 0.270 e. The average molecular weight is 346 g/mol. The maximum atomic E-state index is 12.4. The van der Waals surface area contributed by atoms with Crippen LogP contribution in [0.15, 0.2) is 60.7 Å². The van der Waals surface area contributed by atoms with Gasteiger partial charge in [0.15, 0.2) is 5.82 Å². The number of anilines is 2. The second-order valence-electron chi connectivity index (χ2n) is 6.08. The predicted molar refractivity (Wildman–Crippen MR) is 105 cm³/mol. The molecule has 26 heavy (non-hydrogen) atoms. The van der Waals surface area contributed by atoms with E-state index in [-0.39, 0.29) is 5.91 Å². The maximum Gasteiger partial charge on any atom is 0.270 e. The molecule has 0 bridgehead atoms. The number of carbonyl (C=O) groups is 1. The lowest BCUT2D eigenvalue weighted by Crippen LogP contribution is -2.25. The summed E-state index contributed by atoms with van der Waals surface area (Å²) in [6, 6.07) is 19.3. The van der Waals surface area contributed by atoms with E-state index in [4.69, 9.17) is 0 Å². The Balaban J connectivity index is 1.98. The highest BCUT2D eigenvalue weighted by Crippen LogP contribution is 2.21. The fourth-order valence-electron chi connectivity index (χ4n) is 2.54. The average Bonchev–Trinajstić information content (AvgIpc) is 2.66. The second kappa shape index (κ2) is 8.25. The molecule has 3 rings (SSSR count). The molecule has 0 saturated heterocycles. The van der Waals surface area contributed by atoms with Crippen molar-refractivity contribution < 1.29 is 4.79 Å². The van der Waals surface area contributed by atoms with E-state index in [0.29, 0.717) is 23.9 Å². The van der Waals surface area contributed by atoms with Crippen molar-refractivity contribution in [1.82, 2.24) is 15.3 Å². The molecule has 0 aliphatic carbocycles. The zero-order valence-electron chi connectivity index (χ0n) is 15.0. The molecule has 2 aromatic carbocycles. The predicted octanol–water partition coefficient (Wildman–Crippen LogP) is 4.34. The van der Waals surface area contributed by atoms with E-state index in [0.717, 1.165) is 23.2 Å². The quantitative estimate of drug-likeness (QED) is 0.697. The third-order valence-corrected chi connectivity index (χ3v) is 3.82. The first-order valence-corrected chi connectivity index (χ1v) is 8.72. The van der Waals surface area contributed by atoms with Crippen LogP contribution >= 0.6 is 0 Å². The molecule has 2 N–H and O–H groups in total. The van der Waals surface area contributed by atoms with Crippen LogP contribution in [0.3, 0.4) is 0 Å². The Morgan fingerprint density at radius 3 is 2.54 bits per heavy atom. The molecule has 0 fully saturated rings. The lowest BCUT2D eigenvalue weighted by molar-refractivity contribution is 0.0948. The standard InChI is InChI=1S/C21H22N4O/c1-3-12-22-21(26)18-14-19(23-17-11-7-8-15(2)13-17)25-20(24-18)16-9-5-4-6-10-16/h4-11,13-14H,3,12H2,1-2H3,(H,22,26)(H,23,24,25). The second-order valence-corrected chi connectivity index (χ2v) is 6.08. The fourth-order valence-corrected chi connectivity index (χ4v) is 2.54. The molecule has 0 unspecified atom stereocenters. The molecule has 0 saturated carbocycles. The van der Waals surface area contributed by atoms with Gasteiger partial charge in [-0.1, -0.05) is 49.4 Å². The lowest BCUT2D eigenvalue weighted by atomic mass is 10.2. The van der Waals surface area contributed by atoms with Crippen molar-refractivity contribution in [3.8, 4) is 11.4 Å². The summed E-state index contributed by atoms with van der Waals surface area (Å²) in [5, 5.41) is 6.15. The van der Waals surface area contributed by atoms with Crippen LogP contribution in [0.2, 0.25) is 0 Å². The van der Waals surface area contributed by atoms with E-state index in [9.17, 15) is 4.79 Å². The molecule has 5 nitrogen and oxygen atoms in total. The Labute approximate surface area is 153 Å². The SMILES string of the molecule is CCCNC(=O)c1cc(Nc2cccc(C)c2)nc(-c2ccccc2)n1.